The van der Waals surface area contributed by atoms with Gasteiger partial charge in [0.25, 0.3) is 0 Å². The number of hydrogen-bond acceptors (Lipinski definition) is 2. The van der Waals surface area contributed by atoms with Crippen LogP contribution in [-0.2, 0) is 4.79 Å². The molecule has 0 radical (unpaired) electrons. The summed E-state index contributed by atoms with van der Waals surface area (Å²) in [7, 11) is 0. The summed E-state index contributed by atoms with van der Waals surface area (Å²) < 4.78 is 0. The highest BCUT2D eigenvalue weighted by atomic mass is 16.4. The minimum Gasteiger partial charge on any atom is -0.481 e. The highest BCUT2D eigenvalue weighted by Gasteiger charge is 1.92. The van der Waals surface area contributed by atoms with E-state index in [0.717, 1.165) is 44.9 Å². The maximum absolute atomic E-state index is 10.3. The summed E-state index contributed by atoms with van der Waals surface area (Å²) in [4.78, 5) is 10.3. The molecule has 0 heterocycles. The number of carboxylic acid groups (broad SMARTS) is 1. The van der Waals surface area contributed by atoms with Gasteiger partial charge in [-0.15, -0.1) is 0 Å². The normalized spacial score (nSPS) is 12.0. The Kier molecular flexibility index (Phi) is 17.6. The van der Waals surface area contributed by atoms with Crippen LogP contribution in [0.15, 0.2) is 36.5 Å². The van der Waals surface area contributed by atoms with Gasteiger partial charge in [0.05, 0.1) is 0 Å². The molecule has 0 amide bonds. The number of unbranched alkanes of at least 4 members (excludes halogenated alkanes) is 7. The molecule has 0 aliphatic rings. The molecule has 23 heavy (non-hydrogen) atoms. The van der Waals surface area contributed by atoms with Crippen molar-refractivity contribution in [1.29, 1.82) is 0 Å². The summed E-state index contributed by atoms with van der Waals surface area (Å²) in [5.74, 6) is -0.716. The van der Waals surface area contributed by atoms with Gasteiger partial charge < -0.3 is 10.2 Å². The average Bonchev–Trinajstić information content (AvgIpc) is 2.53. The molecule has 0 unspecified atom stereocenters. The van der Waals surface area contributed by atoms with Gasteiger partial charge in [-0.25, -0.2) is 0 Å². The summed E-state index contributed by atoms with van der Waals surface area (Å²) in [6.07, 6.45) is 25.1. The van der Waals surface area contributed by atoms with Crippen molar-refractivity contribution in [2.24, 2.45) is 0 Å². The van der Waals surface area contributed by atoms with Crippen molar-refractivity contribution >= 4 is 5.97 Å². The largest absolute Gasteiger partial charge is 0.481 e. The van der Waals surface area contributed by atoms with Crippen molar-refractivity contribution in [3.8, 4) is 0 Å². The SMILES string of the molecule is O=C(O)CCCC=CCC=CCC=CCCCCCCCCO. The molecule has 0 saturated heterocycles. The van der Waals surface area contributed by atoms with Crippen molar-refractivity contribution < 1.29 is 15.0 Å². The number of aliphatic hydroxyl groups is 1. The van der Waals surface area contributed by atoms with Gasteiger partial charge in [0, 0.05) is 13.0 Å². The van der Waals surface area contributed by atoms with E-state index in [0.29, 0.717) is 6.61 Å². The number of aliphatic carboxylic acids is 1. The molecule has 0 spiro atoms. The van der Waals surface area contributed by atoms with E-state index >= 15 is 0 Å². The molecular formula is C20H34O3. The van der Waals surface area contributed by atoms with Crippen LogP contribution in [0.4, 0.5) is 0 Å². The maximum Gasteiger partial charge on any atom is 0.303 e. The lowest BCUT2D eigenvalue weighted by Crippen LogP contribution is -1.92. The Labute approximate surface area is 141 Å². The standard InChI is InChI=1S/C20H34O3/c21-19-17-15-13-11-9-7-5-3-1-2-4-6-8-10-12-14-16-18-20(22)23/h1,3-4,6,10,12,21H,2,5,7-9,11,13-19H2,(H,22,23). The lowest BCUT2D eigenvalue weighted by atomic mass is 10.1. The van der Waals surface area contributed by atoms with Gasteiger partial charge in [0.1, 0.15) is 0 Å². The lowest BCUT2D eigenvalue weighted by molar-refractivity contribution is -0.137. The maximum atomic E-state index is 10.3. The van der Waals surface area contributed by atoms with Crippen LogP contribution in [0.25, 0.3) is 0 Å². The number of aliphatic hydroxyl groups excluding tert-OH is 1. The van der Waals surface area contributed by atoms with Gasteiger partial charge in [-0.05, 0) is 44.9 Å². The molecule has 132 valence electrons. The van der Waals surface area contributed by atoms with Crippen LogP contribution in [0.1, 0.15) is 77.0 Å². The first kappa shape index (κ1) is 21.6. The molecular weight excluding hydrogens is 288 g/mol. The van der Waals surface area contributed by atoms with Crippen molar-refractivity contribution in [2.75, 3.05) is 6.61 Å². The number of rotatable bonds is 16. The first-order valence-corrected chi connectivity index (χ1v) is 9.05. The third kappa shape index (κ3) is 20.6. The average molecular weight is 322 g/mol. The molecule has 3 nitrogen and oxygen atoms in total. The van der Waals surface area contributed by atoms with Crippen LogP contribution >= 0.6 is 0 Å². The molecule has 0 aliphatic carbocycles. The predicted octanol–water partition coefficient (Wildman–Crippen LogP) is 5.41. The molecule has 0 aromatic rings. The van der Waals surface area contributed by atoms with Gasteiger partial charge in [0.15, 0.2) is 0 Å². The van der Waals surface area contributed by atoms with Gasteiger partial charge >= 0.3 is 5.97 Å². The molecule has 0 aromatic carbocycles. The monoisotopic (exact) mass is 322 g/mol. The van der Waals surface area contributed by atoms with E-state index in [1.807, 2.05) is 0 Å². The van der Waals surface area contributed by atoms with E-state index in [1.54, 1.807) is 0 Å². The van der Waals surface area contributed by atoms with Crippen molar-refractivity contribution in [3.63, 3.8) is 0 Å². The second-order valence-electron chi connectivity index (χ2n) is 5.81. The lowest BCUT2D eigenvalue weighted by Gasteiger charge is -1.98. The van der Waals surface area contributed by atoms with E-state index in [2.05, 4.69) is 36.5 Å². The zero-order valence-electron chi connectivity index (χ0n) is 14.5. The Bertz CT molecular complexity index is 343. The van der Waals surface area contributed by atoms with Crippen LogP contribution < -0.4 is 0 Å². The Morgan fingerprint density at radius 3 is 1.70 bits per heavy atom. The zero-order valence-corrected chi connectivity index (χ0v) is 14.5. The predicted molar refractivity (Wildman–Crippen MR) is 97.5 cm³/mol. The van der Waals surface area contributed by atoms with Crippen LogP contribution in [0, 0.1) is 0 Å². The van der Waals surface area contributed by atoms with Crippen LogP contribution in [-0.4, -0.2) is 22.8 Å². The molecule has 0 aliphatic heterocycles. The minimum atomic E-state index is -0.716. The first-order chi connectivity index (χ1) is 11.3. The molecule has 0 bridgehead atoms. The Hall–Kier alpha value is -1.35. The Morgan fingerprint density at radius 2 is 1.13 bits per heavy atom. The highest BCUT2D eigenvalue weighted by molar-refractivity contribution is 5.66. The van der Waals surface area contributed by atoms with Crippen LogP contribution in [0.3, 0.4) is 0 Å². The van der Waals surface area contributed by atoms with Crippen molar-refractivity contribution in [2.45, 2.75) is 77.0 Å². The van der Waals surface area contributed by atoms with Gasteiger partial charge in [0.2, 0.25) is 0 Å². The molecule has 2 N–H and O–H groups in total. The molecule has 0 fully saturated rings. The fraction of sp³-hybridized carbons (Fsp3) is 0.650. The Morgan fingerprint density at radius 1 is 0.652 bits per heavy atom. The van der Waals surface area contributed by atoms with Crippen molar-refractivity contribution in [3.05, 3.63) is 36.5 Å². The second-order valence-corrected chi connectivity index (χ2v) is 5.81. The van der Waals surface area contributed by atoms with Crippen molar-refractivity contribution in [1.82, 2.24) is 0 Å². The highest BCUT2D eigenvalue weighted by Crippen LogP contribution is 2.07. The first-order valence-electron chi connectivity index (χ1n) is 9.05. The van der Waals surface area contributed by atoms with E-state index in [-0.39, 0.29) is 6.42 Å². The van der Waals surface area contributed by atoms with Gasteiger partial charge in [-0.2, -0.15) is 0 Å². The van der Waals surface area contributed by atoms with E-state index < -0.39 is 5.97 Å². The molecule has 0 aromatic heterocycles. The summed E-state index contributed by atoms with van der Waals surface area (Å²) in [5.41, 5.74) is 0. The number of carbonyl (C=O) groups is 1. The van der Waals surface area contributed by atoms with E-state index in [1.165, 1.54) is 25.7 Å². The van der Waals surface area contributed by atoms with Crippen LogP contribution in [0.2, 0.25) is 0 Å². The summed E-state index contributed by atoms with van der Waals surface area (Å²) in [6, 6.07) is 0. The third-order valence-electron chi connectivity index (χ3n) is 3.58. The number of carboxylic acids is 1. The molecule has 0 atom stereocenters. The summed E-state index contributed by atoms with van der Waals surface area (Å²) in [5, 5.41) is 17.2. The third-order valence-corrected chi connectivity index (χ3v) is 3.58. The fourth-order valence-corrected chi connectivity index (χ4v) is 2.23. The fourth-order valence-electron chi connectivity index (χ4n) is 2.23. The topological polar surface area (TPSA) is 57.5 Å². The summed E-state index contributed by atoms with van der Waals surface area (Å²) in [6.45, 7) is 0.330. The molecule has 3 heteroatoms. The summed E-state index contributed by atoms with van der Waals surface area (Å²) >= 11 is 0. The van der Waals surface area contributed by atoms with E-state index in [9.17, 15) is 4.79 Å². The number of hydrogen-bond donors (Lipinski definition) is 2. The minimum absolute atomic E-state index is 0.258. The molecule has 0 saturated carbocycles. The second kappa shape index (κ2) is 18.7. The van der Waals surface area contributed by atoms with Crippen LogP contribution in [0.5, 0.6) is 0 Å². The zero-order chi connectivity index (χ0) is 17.0. The Balaban J connectivity index is 3.29. The van der Waals surface area contributed by atoms with E-state index in [4.69, 9.17) is 10.2 Å². The molecule has 0 rings (SSSR count). The van der Waals surface area contributed by atoms with Gasteiger partial charge in [-0.1, -0.05) is 62.1 Å². The van der Waals surface area contributed by atoms with Gasteiger partial charge in [-0.3, -0.25) is 4.79 Å². The number of allylic oxidation sites excluding steroid dienone is 6. The smallest absolute Gasteiger partial charge is 0.303 e. The quantitative estimate of drug-likeness (QED) is 0.295.